The van der Waals surface area contributed by atoms with Gasteiger partial charge in [0.15, 0.2) is 5.82 Å². The lowest BCUT2D eigenvalue weighted by Crippen LogP contribution is -2.58. The summed E-state index contributed by atoms with van der Waals surface area (Å²) in [5, 5.41) is 1.10. The van der Waals surface area contributed by atoms with Crippen molar-refractivity contribution < 1.29 is 14.3 Å². The summed E-state index contributed by atoms with van der Waals surface area (Å²) in [4.78, 5) is 32.4. The Morgan fingerprint density at radius 3 is 2.79 bits per heavy atom. The van der Waals surface area contributed by atoms with Crippen molar-refractivity contribution >= 4 is 22.6 Å². The Hall–Kier alpha value is -3.91. The number of hydrogen-bond acceptors (Lipinski definition) is 6. The molecule has 1 amide bonds. The van der Waals surface area contributed by atoms with Gasteiger partial charge >= 0.3 is 0 Å². The average Bonchev–Trinajstić information content (AvgIpc) is 3.44. The van der Waals surface area contributed by atoms with Crippen LogP contribution in [0.1, 0.15) is 47.8 Å². The van der Waals surface area contributed by atoms with Crippen molar-refractivity contribution in [3.63, 3.8) is 0 Å². The monoisotopic (exact) mass is 523 g/mol. The first kappa shape index (κ1) is 24.2. The van der Waals surface area contributed by atoms with Gasteiger partial charge in [0.05, 0.1) is 37.6 Å². The molecule has 7 rings (SSSR count). The van der Waals surface area contributed by atoms with Crippen LogP contribution in [0.25, 0.3) is 22.3 Å². The van der Waals surface area contributed by atoms with E-state index in [1.54, 1.807) is 7.11 Å². The predicted molar refractivity (Wildman–Crippen MR) is 150 cm³/mol. The van der Waals surface area contributed by atoms with E-state index in [0.29, 0.717) is 31.1 Å². The minimum absolute atomic E-state index is 0.0356. The normalized spacial score (nSPS) is 20.1. The number of rotatable bonds is 4. The Kier molecular flexibility index (Phi) is 5.81. The standard InChI is InChI=1S/C31H33N5O3/c1-20-19-39-17-16-35(20)29-25-11-15-36(30(37)21-6-3-7-22(18-21)38-2)31(12-5-13-31)27(25)33-28(34-29)24-8-4-9-26-23(24)10-14-32-26/h3-4,6-10,14,18,20,32H,5,11-13,15-17,19H2,1-2H3/t20-/m1/s1. The number of aromatic nitrogens is 3. The van der Waals surface area contributed by atoms with Crippen molar-refractivity contribution in [1.82, 2.24) is 19.9 Å². The lowest BCUT2D eigenvalue weighted by Gasteiger charge is -2.53. The summed E-state index contributed by atoms with van der Waals surface area (Å²) in [6, 6.07) is 16.0. The summed E-state index contributed by atoms with van der Waals surface area (Å²) < 4.78 is 11.2. The molecule has 1 aliphatic carbocycles. The van der Waals surface area contributed by atoms with Crippen molar-refractivity contribution in [2.45, 2.75) is 44.2 Å². The van der Waals surface area contributed by atoms with E-state index in [9.17, 15) is 4.79 Å². The van der Waals surface area contributed by atoms with E-state index in [2.05, 4.69) is 39.9 Å². The van der Waals surface area contributed by atoms with E-state index in [1.165, 1.54) is 5.56 Å². The average molecular weight is 524 g/mol. The third-order valence-corrected chi connectivity index (χ3v) is 8.75. The number of benzene rings is 2. The number of carbonyl (C=O) groups is 1. The number of anilines is 1. The lowest BCUT2D eigenvalue weighted by atomic mass is 9.69. The summed E-state index contributed by atoms with van der Waals surface area (Å²) in [6.45, 7) is 4.98. The van der Waals surface area contributed by atoms with Crippen molar-refractivity contribution in [3.8, 4) is 17.1 Å². The smallest absolute Gasteiger partial charge is 0.254 e. The SMILES string of the molecule is COc1cccc(C(=O)N2CCc3c(N4CCOC[C@H]4C)nc(-c4cccc5[nH]ccc45)nc3C23CCC3)c1. The minimum atomic E-state index is -0.429. The predicted octanol–water partition coefficient (Wildman–Crippen LogP) is 4.94. The zero-order valence-electron chi connectivity index (χ0n) is 22.4. The quantitative estimate of drug-likeness (QED) is 0.408. The first-order valence-electron chi connectivity index (χ1n) is 13.9. The Morgan fingerprint density at radius 2 is 2.00 bits per heavy atom. The Bertz CT molecular complexity index is 1560. The lowest BCUT2D eigenvalue weighted by molar-refractivity contribution is 0.00426. The van der Waals surface area contributed by atoms with Crippen LogP contribution < -0.4 is 9.64 Å². The molecule has 200 valence electrons. The number of nitrogens with zero attached hydrogens (tertiary/aromatic N) is 4. The van der Waals surface area contributed by atoms with Crippen LogP contribution >= 0.6 is 0 Å². The van der Waals surface area contributed by atoms with E-state index >= 15 is 0 Å². The summed E-state index contributed by atoms with van der Waals surface area (Å²) in [6.07, 6.45) is 5.55. The van der Waals surface area contributed by atoms with Gasteiger partial charge < -0.3 is 24.3 Å². The highest BCUT2D eigenvalue weighted by Crippen LogP contribution is 2.51. The third kappa shape index (κ3) is 3.80. The highest BCUT2D eigenvalue weighted by molar-refractivity contribution is 5.96. The zero-order valence-corrected chi connectivity index (χ0v) is 22.4. The first-order valence-corrected chi connectivity index (χ1v) is 13.9. The van der Waals surface area contributed by atoms with Crippen LogP contribution in [0.4, 0.5) is 5.82 Å². The number of H-pyrrole nitrogens is 1. The fraction of sp³-hybridized carbons (Fsp3) is 0.387. The van der Waals surface area contributed by atoms with Crippen LogP contribution in [-0.2, 0) is 16.7 Å². The molecule has 3 aliphatic rings. The fourth-order valence-corrected chi connectivity index (χ4v) is 6.56. The Morgan fingerprint density at radius 1 is 1.13 bits per heavy atom. The van der Waals surface area contributed by atoms with Crippen LogP contribution in [0.5, 0.6) is 5.75 Å². The summed E-state index contributed by atoms with van der Waals surface area (Å²) in [7, 11) is 1.63. The molecule has 2 aliphatic heterocycles. The molecule has 0 unspecified atom stereocenters. The fourth-order valence-electron chi connectivity index (χ4n) is 6.56. The molecule has 0 bridgehead atoms. The Labute approximate surface area is 228 Å². The molecule has 1 spiro atoms. The number of ether oxygens (including phenoxy) is 2. The van der Waals surface area contributed by atoms with Crippen molar-refractivity contribution in [3.05, 3.63) is 71.5 Å². The molecule has 1 saturated carbocycles. The van der Waals surface area contributed by atoms with Gasteiger partial charge in [-0.2, -0.15) is 0 Å². The molecule has 0 radical (unpaired) electrons. The van der Waals surface area contributed by atoms with E-state index in [0.717, 1.165) is 66.0 Å². The van der Waals surface area contributed by atoms with Gasteiger partial charge in [0, 0.05) is 46.9 Å². The summed E-state index contributed by atoms with van der Waals surface area (Å²) >= 11 is 0. The molecule has 4 heterocycles. The molecule has 39 heavy (non-hydrogen) atoms. The van der Waals surface area contributed by atoms with Gasteiger partial charge in [-0.1, -0.05) is 18.2 Å². The van der Waals surface area contributed by atoms with Crippen molar-refractivity contribution in [2.24, 2.45) is 0 Å². The Balaban J connectivity index is 1.40. The second-order valence-electron chi connectivity index (χ2n) is 10.9. The first-order chi connectivity index (χ1) is 19.1. The van der Waals surface area contributed by atoms with Crippen LogP contribution in [0, 0.1) is 0 Å². The molecule has 8 nitrogen and oxygen atoms in total. The molecular formula is C31H33N5O3. The maximum atomic E-state index is 14.0. The van der Waals surface area contributed by atoms with Crippen molar-refractivity contribution in [2.75, 3.05) is 38.3 Å². The van der Waals surface area contributed by atoms with Gasteiger partial charge in [0.1, 0.15) is 11.6 Å². The molecule has 2 fully saturated rings. The molecule has 2 aromatic heterocycles. The number of carbonyl (C=O) groups excluding carboxylic acids is 1. The summed E-state index contributed by atoms with van der Waals surface area (Å²) in [5.41, 5.74) is 4.48. The van der Waals surface area contributed by atoms with E-state index in [-0.39, 0.29) is 11.9 Å². The van der Waals surface area contributed by atoms with E-state index in [1.807, 2.05) is 36.5 Å². The van der Waals surface area contributed by atoms with Gasteiger partial charge in [0.25, 0.3) is 5.91 Å². The second-order valence-corrected chi connectivity index (χ2v) is 10.9. The zero-order chi connectivity index (χ0) is 26.6. The van der Waals surface area contributed by atoms with Crippen LogP contribution in [0.15, 0.2) is 54.7 Å². The number of fused-ring (bicyclic) bond motifs is 3. The minimum Gasteiger partial charge on any atom is -0.497 e. The highest BCUT2D eigenvalue weighted by atomic mass is 16.5. The van der Waals surface area contributed by atoms with Gasteiger partial charge in [-0.25, -0.2) is 9.97 Å². The number of morpholine rings is 1. The van der Waals surface area contributed by atoms with Crippen LogP contribution in [-0.4, -0.2) is 65.2 Å². The molecule has 8 heteroatoms. The van der Waals surface area contributed by atoms with Gasteiger partial charge in [-0.3, -0.25) is 4.79 Å². The third-order valence-electron chi connectivity index (χ3n) is 8.75. The van der Waals surface area contributed by atoms with Crippen molar-refractivity contribution in [1.29, 1.82) is 0 Å². The number of nitrogens with one attached hydrogen (secondary N) is 1. The largest absolute Gasteiger partial charge is 0.497 e. The van der Waals surface area contributed by atoms with E-state index in [4.69, 9.17) is 19.4 Å². The van der Waals surface area contributed by atoms with Crippen LogP contribution in [0.2, 0.25) is 0 Å². The summed E-state index contributed by atoms with van der Waals surface area (Å²) in [5.74, 6) is 2.44. The number of aromatic amines is 1. The van der Waals surface area contributed by atoms with Gasteiger partial charge in [0.2, 0.25) is 0 Å². The molecule has 4 aromatic rings. The number of methoxy groups -OCH3 is 1. The molecule has 1 saturated heterocycles. The number of hydrogen-bond donors (Lipinski definition) is 1. The second kappa shape index (κ2) is 9.38. The maximum Gasteiger partial charge on any atom is 0.254 e. The number of amides is 1. The van der Waals surface area contributed by atoms with Crippen LogP contribution in [0.3, 0.4) is 0 Å². The van der Waals surface area contributed by atoms with Gasteiger partial charge in [-0.15, -0.1) is 0 Å². The van der Waals surface area contributed by atoms with Gasteiger partial charge in [-0.05, 0) is 62.9 Å². The molecule has 2 aromatic carbocycles. The maximum absolute atomic E-state index is 14.0. The van der Waals surface area contributed by atoms with E-state index < -0.39 is 5.54 Å². The highest BCUT2D eigenvalue weighted by Gasteiger charge is 2.52. The molecule has 1 N–H and O–H groups in total. The molecular weight excluding hydrogens is 490 g/mol. The topological polar surface area (TPSA) is 83.6 Å². The molecule has 1 atom stereocenters.